The topological polar surface area (TPSA) is 50.1 Å². The van der Waals surface area contributed by atoms with Crippen LogP contribution < -0.4 is 16.4 Å². The molecule has 0 saturated carbocycles. The normalized spacial score (nSPS) is 10.4. The first-order chi connectivity index (χ1) is 6.81. The van der Waals surface area contributed by atoms with Crippen molar-refractivity contribution in [3.05, 3.63) is 25.3 Å². The molecule has 0 aliphatic rings. The summed E-state index contributed by atoms with van der Waals surface area (Å²) in [5.74, 6) is 0. The standard InChI is InChI=1S/C11H23N3/c1-3-7-13-9-5-11(12)6-10-14-8-4-2/h3-4,11,13-14H,1-2,5-10,12H2. The largest absolute Gasteiger partial charge is 0.328 e. The van der Waals surface area contributed by atoms with Crippen molar-refractivity contribution in [1.29, 1.82) is 0 Å². The van der Waals surface area contributed by atoms with E-state index in [1.807, 2.05) is 12.2 Å². The molecule has 0 aromatic rings. The summed E-state index contributed by atoms with van der Waals surface area (Å²) in [7, 11) is 0. The summed E-state index contributed by atoms with van der Waals surface area (Å²) in [5.41, 5.74) is 5.91. The molecule has 0 aliphatic carbocycles. The van der Waals surface area contributed by atoms with Gasteiger partial charge in [-0.05, 0) is 25.9 Å². The van der Waals surface area contributed by atoms with Gasteiger partial charge in [0.1, 0.15) is 0 Å². The van der Waals surface area contributed by atoms with E-state index in [1.165, 1.54) is 0 Å². The predicted octanol–water partition coefficient (Wildman–Crippen LogP) is 0.645. The van der Waals surface area contributed by atoms with Crippen LogP contribution in [0, 0.1) is 0 Å². The fourth-order valence-electron chi connectivity index (χ4n) is 1.13. The summed E-state index contributed by atoms with van der Waals surface area (Å²) in [6.45, 7) is 10.9. The van der Waals surface area contributed by atoms with E-state index >= 15 is 0 Å². The molecule has 0 aliphatic heterocycles. The summed E-state index contributed by atoms with van der Waals surface area (Å²) in [4.78, 5) is 0. The third kappa shape index (κ3) is 9.45. The van der Waals surface area contributed by atoms with E-state index in [2.05, 4.69) is 23.8 Å². The van der Waals surface area contributed by atoms with E-state index in [0.717, 1.165) is 39.0 Å². The Labute approximate surface area is 87.4 Å². The van der Waals surface area contributed by atoms with Gasteiger partial charge < -0.3 is 16.4 Å². The van der Waals surface area contributed by atoms with Gasteiger partial charge in [-0.15, -0.1) is 13.2 Å². The highest BCUT2D eigenvalue weighted by Crippen LogP contribution is 1.91. The minimum Gasteiger partial charge on any atom is -0.328 e. The average Bonchev–Trinajstić information content (AvgIpc) is 2.19. The van der Waals surface area contributed by atoms with Gasteiger partial charge in [0, 0.05) is 19.1 Å². The SMILES string of the molecule is C=CCNCCC(N)CCNCC=C. The van der Waals surface area contributed by atoms with Gasteiger partial charge in [-0.1, -0.05) is 12.2 Å². The summed E-state index contributed by atoms with van der Waals surface area (Å²) >= 11 is 0. The number of rotatable bonds is 10. The molecular weight excluding hydrogens is 174 g/mol. The smallest absolute Gasteiger partial charge is 0.0132 e. The zero-order chi connectivity index (χ0) is 10.6. The minimum absolute atomic E-state index is 0.282. The third-order valence-corrected chi connectivity index (χ3v) is 1.96. The minimum atomic E-state index is 0.282. The van der Waals surface area contributed by atoms with E-state index in [4.69, 9.17) is 5.73 Å². The van der Waals surface area contributed by atoms with E-state index < -0.39 is 0 Å². The summed E-state index contributed by atoms with van der Waals surface area (Å²) in [6.07, 6.45) is 5.75. The molecule has 0 unspecified atom stereocenters. The maximum atomic E-state index is 5.91. The lowest BCUT2D eigenvalue weighted by molar-refractivity contribution is 0.526. The molecule has 0 amide bonds. The van der Waals surface area contributed by atoms with Crippen LogP contribution in [0.2, 0.25) is 0 Å². The first-order valence-electron chi connectivity index (χ1n) is 5.20. The fraction of sp³-hybridized carbons (Fsp3) is 0.636. The van der Waals surface area contributed by atoms with Crippen molar-refractivity contribution in [1.82, 2.24) is 10.6 Å². The van der Waals surface area contributed by atoms with Gasteiger partial charge in [-0.25, -0.2) is 0 Å². The van der Waals surface area contributed by atoms with Gasteiger partial charge >= 0.3 is 0 Å². The summed E-state index contributed by atoms with van der Waals surface area (Å²) in [5, 5.41) is 6.47. The Kier molecular flexibility index (Phi) is 9.96. The zero-order valence-corrected chi connectivity index (χ0v) is 8.97. The monoisotopic (exact) mass is 197 g/mol. The lowest BCUT2D eigenvalue weighted by atomic mass is 10.1. The fourth-order valence-corrected chi connectivity index (χ4v) is 1.13. The molecule has 0 bridgehead atoms. The Hall–Kier alpha value is -0.640. The van der Waals surface area contributed by atoms with E-state index in [9.17, 15) is 0 Å². The molecule has 0 fully saturated rings. The van der Waals surface area contributed by atoms with Crippen LogP contribution in [0.25, 0.3) is 0 Å². The molecule has 0 spiro atoms. The molecule has 0 rings (SSSR count). The van der Waals surface area contributed by atoms with E-state index in [1.54, 1.807) is 0 Å². The molecule has 0 aromatic carbocycles. The molecule has 14 heavy (non-hydrogen) atoms. The number of hydrogen-bond donors (Lipinski definition) is 3. The molecule has 0 aromatic heterocycles. The molecule has 4 N–H and O–H groups in total. The predicted molar refractivity (Wildman–Crippen MR) is 63.3 cm³/mol. The first-order valence-corrected chi connectivity index (χ1v) is 5.20. The van der Waals surface area contributed by atoms with Crippen LogP contribution in [0.3, 0.4) is 0 Å². The van der Waals surface area contributed by atoms with Crippen LogP contribution in [0.5, 0.6) is 0 Å². The van der Waals surface area contributed by atoms with Crippen molar-refractivity contribution in [3.63, 3.8) is 0 Å². The summed E-state index contributed by atoms with van der Waals surface area (Å²) < 4.78 is 0. The van der Waals surface area contributed by atoms with Gasteiger partial charge in [-0.2, -0.15) is 0 Å². The highest BCUT2D eigenvalue weighted by Gasteiger charge is 2.00. The molecule has 82 valence electrons. The lowest BCUT2D eigenvalue weighted by Gasteiger charge is -2.11. The average molecular weight is 197 g/mol. The Balaban J connectivity index is 3.14. The van der Waals surface area contributed by atoms with E-state index in [-0.39, 0.29) is 6.04 Å². The van der Waals surface area contributed by atoms with Crippen LogP contribution >= 0.6 is 0 Å². The number of hydrogen-bond acceptors (Lipinski definition) is 3. The molecule has 3 heteroatoms. The molecule has 3 nitrogen and oxygen atoms in total. The Morgan fingerprint density at radius 1 is 1.00 bits per heavy atom. The Bertz CT molecular complexity index is 129. The second kappa shape index (κ2) is 10.4. The van der Waals surface area contributed by atoms with Crippen LogP contribution in [0.15, 0.2) is 25.3 Å². The Morgan fingerprint density at radius 2 is 1.43 bits per heavy atom. The maximum absolute atomic E-state index is 5.91. The van der Waals surface area contributed by atoms with Crippen molar-refractivity contribution in [2.24, 2.45) is 5.73 Å². The maximum Gasteiger partial charge on any atom is 0.0132 e. The van der Waals surface area contributed by atoms with Gasteiger partial charge in [0.05, 0.1) is 0 Å². The van der Waals surface area contributed by atoms with Gasteiger partial charge in [-0.3, -0.25) is 0 Å². The molecular formula is C11H23N3. The van der Waals surface area contributed by atoms with Crippen molar-refractivity contribution in [2.75, 3.05) is 26.2 Å². The van der Waals surface area contributed by atoms with E-state index in [0.29, 0.717) is 0 Å². The third-order valence-electron chi connectivity index (χ3n) is 1.96. The van der Waals surface area contributed by atoms with Crippen LogP contribution in [-0.2, 0) is 0 Å². The van der Waals surface area contributed by atoms with Crippen LogP contribution in [0.4, 0.5) is 0 Å². The quantitative estimate of drug-likeness (QED) is 0.356. The second-order valence-corrected chi connectivity index (χ2v) is 3.32. The van der Waals surface area contributed by atoms with Crippen molar-refractivity contribution >= 4 is 0 Å². The van der Waals surface area contributed by atoms with Crippen molar-refractivity contribution in [2.45, 2.75) is 18.9 Å². The van der Waals surface area contributed by atoms with Crippen molar-refractivity contribution < 1.29 is 0 Å². The van der Waals surface area contributed by atoms with Crippen LogP contribution in [-0.4, -0.2) is 32.2 Å². The van der Waals surface area contributed by atoms with Gasteiger partial charge in [0.2, 0.25) is 0 Å². The highest BCUT2D eigenvalue weighted by atomic mass is 14.9. The molecule has 0 radical (unpaired) electrons. The number of nitrogens with two attached hydrogens (primary N) is 1. The van der Waals surface area contributed by atoms with Crippen molar-refractivity contribution in [3.8, 4) is 0 Å². The number of nitrogens with one attached hydrogen (secondary N) is 2. The lowest BCUT2D eigenvalue weighted by Crippen LogP contribution is -2.30. The molecule has 0 atom stereocenters. The molecule has 0 saturated heterocycles. The van der Waals surface area contributed by atoms with Gasteiger partial charge in [0.25, 0.3) is 0 Å². The van der Waals surface area contributed by atoms with Crippen LogP contribution in [0.1, 0.15) is 12.8 Å². The Morgan fingerprint density at radius 3 is 1.79 bits per heavy atom. The molecule has 0 heterocycles. The first kappa shape index (κ1) is 13.4. The second-order valence-electron chi connectivity index (χ2n) is 3.32. The van der Waals surface area contributed by atoms with Gasteiger partial charge in [0.15, 0.2) is 0 Å². The summed E-state index contributed by atoms with van der Waals surface area (Å²) in [6, 6.07) is 0.282. The zero-order valence-electron chi connectivity index (χ0n) is 8.97. The highest BCUT2D eigenvalue weighted by molar-refractivity contribution is 4.73.